The van der Waals surface area contributed by atoms with Crippen LogP contribution in [-0.4, -0.2) is 60.5 Å². The standard InChI is InChI=1S/C12H20ClN5O2/c1-12(2,19-3)8-14-10-15-9(13)16-11(17-10)18-4-6-20-7-5-18/h4-8H2,1-3H3,(H,14,15,16,17). The van der Waals surface area contributed by atoms with Gasteiger partial charge in [0.1, 0.15) is 0 Å². The van der Waals surface area contributed by atoms with Gasteiger partial charge in [0.2, 0.25) is 17.2 Å². The Morgan fingerprint density at radius 3 is 2.65 bits per heavy atom. The van der Waals surface area contributed by atoms with Gasteiger partial charge in [-0.3, -0.25) is 0 Å². The van der Waals surface area contributed by atoms with Crippen molar-refractivity contribution in [2.75, 3.05) is 50.2 Å². The van der Waals surface area contributed by atoms with E-state index in [0.717, 1.165) is 13.1 Å². The summed E-state index contributed by atoms with van der Waals surface area (Å²) in [6, 6.07) is 0. The van der Waals surface area contributed by atoms with Crippen molar-refractivity contribution in [3.8, 4) is 0 Å². The van der Waals surface area contributed by atoms with Crippen LogP contribution in [-0.2, 0) is 9.47 Å². The van der Waals surface area contributed by atoms with Gasteiger partial charge in [0, 0.05) is 26.7 Å². The third kappa shape index (κ3) is 4.16. The molecule has 1 N–H and O–H groups in total. The van der Waals surface area contributed by atoms with Crippen molar-refractivity contribution >= 4 is 23.5 Å². The minimum atomic E-state index is -0.307. The molecule has 20 heavy (non-hydrogen) atoms. The molecule has 7 nitrogen and oxygen atoms in total. The van der Waals surface area contributed by atoms with Crippen molar-refractivity contribution in [2.45, 2.75) is 19.4 Å². The maximum Gasteiger partial charge on any atom is 0.231 e. The number of hydrogen-bond donors (Lipinski definition) is 1. The second-order valence-corrected chi connectivity index (χ2v) is 5.48. The summed E-state index contributed by atoms with van der Waals surface area (Å²) in [7, 11) is 1.67. The first kappa shape index (κ1) is 15.2. The highest BCUT2D eigenvalue weighted by Gasteiger charge is 2.19. The van der Waals surface area contributed by atoms with E-state index in [-0.39, 0.29) is 10.9 Å². The number of nitrogens with one attached hydrogen (secondary N) is 1. The zero-order chi connectivity index (χ0) is 14.6. The van der Waals surface area contributed by atoms with Crippen molar-refractivity contribution in [1.29, 1.82) is 0 Å². The SMILES string of the molecule is COC(C)(C)CNc1nc(Cl)nc(N2CCOCC2)n1. The summed E-state index contributed by atoms with van der Waals surface area (Å²) in [6.07, 6.45) is 0. The molecule has 0 unspecified atom stereocenters. The minimum absolute atomic E-state index is 0.180. The maximum absolute atomic E-state index is 5.96. The van der Waals surface area contributed by atoms with Crippen LogP contribution in [0.15, 0.2) is 0 Å². The van der Waals surface area contributed by atoms with Gasteiger partial charge < -0.3 is 19.7 Å². The van der Waals surface area contributed by atoms with Gasteiger partial charge in [-0.25, -0.2) is 0 Å². The van der Waals surface area contributed by atoms with E-state index in [9.17, 15) is 0 Å². The Hall–Kier alpha value is -1.18. The van der Waals surface area contributed by atoms with Crippen LogP contribution in [0.3, 0.4) is 0 Å². The first-order valence-corrected chi connectivity index (χ1v) is 6.91. The molecule has 0 atom stereocenters. The number of nitrogens with zero attached hydrogens (tertiary/aromatic N) is 4. The van der Waals surface area contributed by atoms with E-state index in [0.29, 0.717) is 31.7 Å². The van der Waals surface area contributed by atoms with E-state index in [1.807, 2.05) is 18.7 Å². The molecule has 1 fully saturated rings. The third-order valence-electron chi connectivity index (χ3n) is 3.12. The van der Waals surface area contributed by atoms with Crippen LogP contribution in [0.2, 0.25) is 5.28 Å². The molecule has 0 saturated carbocycles. The van der Waals surface area contributed by atoms with Gasteiger partial charge in [0.05, 0.1) is 18.8 Å². The molecule has 1 saturated heterocycles. The van der Waals surface area contributed by atoms with Gasteiger partial charge in [0.25, 0.3) is 0 Å². The fourth-order valence-corrected chi connectivity index (χ4v) is 1.84. The summed E-state index contributed by atoms with van der Waals surface area (Å²) in [4.78, 5) is 14.7. The van der Waals surface area contributed by atoms with Crippen LogP contribution in [0.4, 0.5) is 11.9 Å². The van der Waals surface area contributed by atoms with Crippen LogP contribution in [0, 0.1) is 0 Å². The second-order valence-electron chi connectivity index (χ2n) is 5.14. The molecule has 0 amide bonds. The molecular formula is C12H20ClN5O2. The number of rotatable bonds is 5. The first-order chi connectivity index (χ1) is 9.50. The Morgan fingerprint density at radius 2 is 2.00 bits per heavy atom. The molecule has 1 aliphatic rings. The minimum Gasteiger partial charge on any atom is -0.378 e. The molecule has 112 valence electrons. The zero-order valence-corrected chi connectivity index (χ0v) is 12.8. The predicted molar refractivity (Wildman–Crippen MR) is 77.4 cm³/mol. The number of aromatic nitrogens is 3. The normalized spacial score (nSPS) is 16.3. The molecular weight excluding hydrogens is 282 g/mol. The average Bonchev–Trinajstić information content (AvgIpc) is 2.46. The van der Waals surface area contributed by atoms with Crippen molar-refractivity contribution in [3.05, 3.63) is 5.28 Å². The van der Waals surface area contributed by atoms with E-state index in [1.54, 1.807) is 7.11 Å². The fourth-order valence-electron chi connectivity index (χ4n) is 1.69. The topological polar surface area (TPSA) is 72.4 Å². The Morgan fingerprint density at radius 1 is 1.30 bits per heavy atom. The summed E-state index contributed by atoms with van der Waals surface area (Å²) < 4.78 is 10.7. The van der Waals surface area contributed by atoms with Crippen LogP contribution in [0.25, 0.3) is 0 Å². The van der Waals surface area contributed by atoms with Crippen LogP contribution < -0.4 is 10.2 Å². The molecule has 0 bridgehead atoms. The van der Waals surface area contributed by atoms with Gasteiger partial charge in [-0.15, -0.1) is 0 Å². The summed E-state index contributed by atoms with van der Waals surface area (Å²) in [6.45, 7) is 7.38. The first-order valence-electron chi connectivity index (χ1n) is 6.53. The lowest BCUT2D eigenvalue weighted by molar-refractivity contribution is 0.0342. The number of anilines is 2. The summed E-state index contributed by atoms with van der Waals surface area (Å²) in [5, 5.41) is 3.31. The van der Waals surface area contributed by atoms with E-state index in [1.165, 1.54) is 0 Å². The molecule has 1 aliphatic heterocycles. The van der Waals surface area contributed by atoms with Gasteiger partial charge in [-0.05, 0) is 25.4 Å². The van der Waals surface area contributed by atoms with Gasteiger partial charge in [0.15, 0.2) is 0 Å². The summed E-state index contributed by atoms with van der Waals surface area (Å²) in [5.74, 6) is 1.03. The van der Waals surface area contributed by atoms with Crippen molar-refractivity contribution in [3.63, 3.8) is 0 Å². The van der Waals surface area contributed by atoms with Crippen LogP contribution in [0.5, 0.6) is 0 Å². The number of halogens is 1. The zero-order valence-electron chi connectivity index (χ0n) is 12.0. The van der Waals surface area contributed by atoms with Crippen LogP contribution in [0.1, 0.15) is 13.8 Å². The lowest BCUT2D eigenvalue weighted by Gasteiger charge is -2.27. The van der Waals surface area contributed by atoms with Crippen molar-refractivity contribution in [1.82, 2.24) is 15.0 Å². The molecule has 1 aromatic rings. The van der Waals surface area contributed by atoms with Gasteiger partial charge in [-0.1, -0.05) is 0 Å². The molecule has 0 aliphatic carbocycles. The third-order valence-corrected chi connectivity index (χ3v) is 3.28. The molecule has 2 rings (SSSR count). The highest BCUT2D eigenvalue weighted by molar-refractivity contribution is 6.28. The quantitative estimate of drug-likeness (QED) is 0.876. The van der Waals surface area contributed by atoms with Crippen molar-refractivity contribution in [2.24, 2.45) is 0 Å². The Bertz CT molecular complexity index is 451. The van der Waals surface area contributed by atoms with E-state index in [2.05, 4.69) is 20.3 Å². The molecule has 0 spiro atoms. The lowest BCUT2D eigenvalue weighted by atomic mass is 10.1. The van der Waals surface area contributed by atoms with E-state index in [4.69, 9.17) is 21.1 Å². The number of ether oxygens (including phenoxy) is 2. The molecule has 0 radical (unpaired) electrons. The molecule has 8 heteroatoms. The summed E-state index contributed by atoms with van der Waals surface area (Å²) >= 11 is 5.96. The van der Waals surface area contributed by atoms with E-state index < -0.39 is 0 Å². The lowest BCUT2D eigenvalue weighted by Crippen LogP contribution is -2.38. The van der Waals surface area contributed by atoms with Gasteiger partial charge in [-0.2, -0.15) is 15.0 Å². The number of methoxy groups -OCH3 is 1. The largest absolute Gasteiger partial charge is 0.378 e. The molecule has 1 aromatic heterocycles. The second kappa shape index (κ2) is 6.51. The average molecular weight is 302 g/mol. The monoisotopic (exact) mass is 301 g/mol. The molecule has 2 heterocycles. The Kier molecular flexibility index (Phi) is 4.95. The highest BCUT2D eigenvalue weighted by atomic mass is 35.5. The summed E-state index contributed by atoms with van der Waals surface area (Å²) in [5.41, 5.74) is -0.307. The van der Waals surface area contributed by atoms with Crippen LogP contribution >= 0.6 is 11.6 Å². The Labute approximate surface area is 123 Å². The Balaban J connectivity index is 2.08. The highest BCUT2D eigenvalue weighted by Crippen LogP contribution is 2.16. The number of morpholine rings is 1. The number of hydrogen-bond acceptors (Lipinski definition) is 7. The smallest absolute Gasteiger partial charge is 0.231 e. The maximum atomic E-state index is 5.96. The van der Waals surface area contributed by atoms with Gasteiger partial charge >= 0.3 is 0 Å². The fraction of sp³-hybridized carbons (Fsp3) is 0.750. The predicted octanol–water partition coefficient (Wildman–Crippen LogP) is 1.20. The van der Waals surface area contributed by atoms with E-state index >= 15 is 0 Å². The molecule has 0 aromatic carbocycles. The van der Waals surface area contributed by atoms with Crippen molar-refractivity contribution < 1.29 is 9.47 Å².